The fourth-order valence-electron chi connectivity index (χ4n) is 3.26. The summed E-state index contributed by atoms with van der Waals surface area (Å²) in [5.74, 6) is 1.89. The second kappa shape index (κ2) is 8.21. The largest absolute Gasteiger partial charge is 0.310 e. The maximum absolute atomic E-state index is 3.68. The third-order valence-corrected chi connectivity index (χ3v) is 6.03. The van der Waals surface area contributed by atoms with Crippen LogP contribution in [0.3, 0.4) is 0 Å². The second-order valence-electron chi connectivity index (χ2n) is 6.23. The third-order valence-electron chi connectivity index (χ3n) is 4.69. The highest BCUT2D eigenvalue weighted by Gasteiger charge is 2.28. The van der Waals surface area contributed by atoms with Gasteiger partial charge in [-0.3, -0.25) is 4.90 Å². The molecule has 4 unspecified atom stereocenters. The van der Waals surface area contributed by atoms with Crippen molar-refractivity contribution in [3.8, 4) is 0 Å². The molecule has 1 fully saturated rings. The van der Waals surface area contributed by atoms with Crippen LogP contribution in [0.2, 0.25) is 0 Å². The van der Waals surface area contributed by atoms with E-state index in [1.54, 1.807) is 0 Å². The molecule has 1 heterocycles. The van der Waals surface area contributed by atoms with Gasteiger partial charge in [-0.25, -0.2) is 0 Å². The van der Waals surface area contributed by atoms with Gasteiger partial charge < -0.3 is 5.32 Å². The second-order valence-corrected chi connectivity index (χ2v) is 7.72. The number of hydrogen-bond acceptors (Lipinski definition) is 3. The van der Waals surface area contributed by atoms with E-state index in [-0.39, 0.29) is 0 Å². The monoisotopic (exact) mass is 306 g/mol. The molecule has 1 aromatic rings. The molecule has 0 bridgehead atoms. The first-order valence-electron chi connectivity index (χ1n) is 8.27. The Bertz CT molecular complexity index is 409. The lowest BCUT2D eigenvalue weighted by molar-refractivity contribution is 0.168. The van der Waals surface area contributed by atoms with Gasteiger partial charge in [-0.05, 0) is 24.9 Å². The molecular weight excluding hydrogens is 276 g/mol. The van der Waals surface area contributed by atoms with Crippen LogP contribution in [0.15, 0.2) is 30.3 Å². The lowest BCUT2D eigenvalue weighted by atomic mass is 9.93. The van der Waals surface area contributed by atoms with Crippen molar-refractivity contribution in [1.82, 2.24) is 10.2 Å². The third kappa shape index (κ3) is 4.48. The predicted molar refractivity (Wildman–Crippen MR) is 95.0 cm³/mol. The number of thioether (sulfide) groups is 1. The summed E-state index contributed by atoms with van der Waals surface area (Å²) in [5.41, 5.74) is 1.42. The molecule has 0 amide bonds. The Morgan fingerprint density at radius 1 is 1.29 bits per heavy atom. The van der Waals surface area contributed by atoms with Crippen LogP contribution in [0.5, 0.6) is 0 Å². The van der Waals surface area contributed by atoms with E-state index in [9.17, 15) is 0 Å². The average molecular weight is 307 g/mol. The topological polar surface area (TPSA) is 15.3 Å². The smallest absolute Gasteiger partial charge is 0.0358 e. The minimum atomic E-state index is 0.452. The number of rotatable bonds is 6. The minimum absolute atomic E-state index is 0.452. The lowest BCUT2D eigenvalue weighted by Crippen LogP contribution is -2.47. The molecule has 118 valence electrons. The van der Waals surface area contributed by atoms with Crippen LogP contribution in [0.25, 0.3) is 0 Å². The van der Waals surface area contributed by atoms with Crippen LogP contribution in [0.4, 0.5) is 0 Å². The van der Waals surface area contributed by atoms with Crippen LogP contribution in [-0.2, 0) is 0 Å². The van der Waals surface area contributed by atoms with E-state index in [0.717, 1.165) is 11.8 Å². The summed E-state index contributed by atoms with van der Waals surface area (Å²) >= 11 is 2.11. The van der Waals surface area contributed by atoms with Crippen LogP contribution in [0, 0.1) is 5.92 Å². The molecule has 0 spiro atoms. The average Bonchev–Trinajstić information content (AvgIpc) is 2.50. The van der Waals surface area contributed by atoms with E-state index in [1.807, 2.05) is 0 Å². The van der Waals surface area contributed by atoms with Gasteiger partial charge in [0.25, 0.3) is 0 Å². The lowest BCUT2D eigenvalue weighted by Gasteiger charge is -2.40. The van der Waals surface area contributed by atoms with Crippen molar-refractivity contribution < 1.29 is 0 Å². The molecule has 3 heteroatoms. The van der Waals surface area contributed by atoms with Crippen molar-refractivity contribution >= 4 is 11.8 Å². The molecule has 0 saturated carbocycles. The first kappa shape index (κ1) is 16.9. The fourth-order valence-corrected chi connectivity index (χ4v) is 4.42. The quantitative estimate of drug-likeness (QED) is 0.860. The van der Waals surface area contributed by atoms with E-state index in [4.69, 9.17) is 0 Å². The van der Waals surface area contributed by atoms with Crippen LogP contribution in [0.1, 0.15) is 39.3 Å². The molecule has 21 heavy (non-hydrogen) atoms. The number of nitrogens with zero attached hydrogens (tertiary/aromatic N) is 1. The number of nitrogens with one attached hydrogen (secondary N) is 1. The van der Waals surface area contributed by atoms with Crippen molar-refractivity contribution in [2.45, 2.75) is 45.0 Å². The maximum atomic E-state index is 3.68. The minimum Gasteiger partial charge on any atom is -0.310 e. The van der Waals surface area contributed by atoms with Gasteiger partial charge in [0, 0.05) is 36.2 Å². The van der Waals surface area contributed by atoms with E-state index in [0.29, 0.717) is 18.0 Å². The summed E-state index contributed by atoms with van der Waals surface area (Å²) in [4.78, 5) is 2.68. The van der Waals surface area contributed by atoms with E-state index in [1.165, 1.54) is 24.4 Å². The van der Waals surface area contributed by atoms with Crippen molar-refractivity contribution in [3.05, 3.63) is 35.9 Å². The molecule has 1 aliphatic heterocycles. The standard InChI is InChI=1S/C18H30N2S/c1-5-19-18(17-9-7-6-8-10-17)14(2)13-20-11-12-21-16(4)15(20)3/h6-10,14-16,18-19H,5,11-13H2,1-4H3. The molecule has 4 atom stereocenters. The molecule has 1 N–H and O–H groups in total. The highest BCUT2D eigenvalue weighted by atomic mass is 32.2. The van der Waals surface area contributed by atoms with E-state index >= 15 is 0 Å². The Labute approximate surface area is 134 Å². The van der Waals surface area contributed by atoms with Crippen molar-refractivity contribution in [2.24, 2.45) is 5.92 Å². The molecule has 1 saturated heterocycles. The Balaban J connectivity index is 2.03. The number of hydrogen-bond donors (Lipinski definition) is 1. The Kier molecular flexibility index (Phi) is 6.59. The van der Waals surface area contributed by atoms with Gasteiger partial charge in [-0.2, -0.15) is 11.8 Å². The Hall–Kier alpha value is -0.510. The zero-order valence-corrected chi connectivity index (χ0v) is 14.7. The van der Waals surface area contributed by atoms with Crippen molar-refractivity contribution in [2.75, 3.05) is 25.4 Å². The zero-order chi connectivity index (χ0) is 15.2. The van der Waals surface area contributed by atoms with Crippen LogP contribution >= 0.6 is 11.8 Å². The summed E-state index contributed by atoms with van der Waals surface area (Å²) in [6, 6.07) is 12.0. The summed E-state index contributed by atoms with van der Waals surface area (Å²) in [6.45, 7) is 12.8. The molecule has 0 aromatic heterocycles. The molecule has 0 radical (unpaired) electrons. The highest BCUT2D eigenvalue weighted by molar-refractivity contribution is 8.00. The molecule has 2 rings (SSSR count). The van der Waals surface area contributed by atoms with Crippen LogP contribution < -0.4 is 5.32 Å². The van der Waals surface area contributed by atoms with Crippen molar-refractivity contribution in [3.63, 3.8) is 0 Å². The SMILES string of the molecule is CCNC(c1ccccc1)C(C)CN1CCSC(C)C1C. The zero-order valence-electron chi connectivity index (χ0n) is 13.9. The molecule has 1 aromatic carbocycles. The predicted octanol–water partition coefficient (Wildman–Crippen LogP) is 3.80. The molecule has 2 nitrogen and oxygen atoms in total. The molecule has 1 aliphatic rings. The highest BCUT2D eigenvalue weighted by Crippen LogP contribution is 2.28. The molecule has 0 aliphatic carbocycles. The van der Waals surface area contributed by atoms with Gasteiger partial charge >= 0.3 is 0 Å². The summed E-state index contributed by atoms with van der Waals surface area (Å²) in [5, 5.41) is 4.43. The van der Waals surface area contributed by atoms with Gasteiger partial charge in [0.05, 0.1) is 0 Å². The summed E-state index contributed by atoms with van der Waals surface area (Å²) in [7, 11) is 0. The normalized spacial score (nSPS) is 26.5. The summed E-state index contributed by atoms with van der Waals surface area (Å²) < 4.78 is 0. The Morgan fingerprint density at radius 2 is 2.00 bits per heavy atom. The van der Waals surface area contributed by atoms with Gasteiger partial charge in [-0.15, -0.1) is 0 Å². The maximum Gasteiger partial charge on any atom is 0.0358 e. The van der Waals surface area contributed by atoms with Gasteiger partial charge in [0.2, 0.25) is 0 Å². The first-order valence-corrected chi connectivity index (χ1v) is 9.32. The van der Waals surface area contributed by atoms with Crippen molar-refractivity contribution in [1.29, 1.82) is 0 Å². The first-order chi connectivity index (χ1) is 10.1. The van der Waals surface area contributed by atoms with Gasteiger partial charge in [0.15, 0.2) is 0 Å². The molecular formula is C18H30N2S. The number of benzene rings is 1. The fraction of sp³-hybridized carbons (Fsp3) is 0.667. The van der Waals surface area contributed by atoms with E-state index < -0.39 is 0 Å². The van der Waals surface area contributed by atoms with Gasteiger partial charge in [-0.1, -0.05) is 51.1 Å². The van der Waals surface area contributed by atoms with E-state index in [2.05, 4.69) is 80.0 Å². The van der Waals surface area contributed by atoms with Gasteiger partial charge in [0.1, 0.15) is 0 Å². The van der Waals surface area contributed by atoms with Crippen LogP contribution in [-0.4, -0.2) is 41.6 Å². The Morgan fingerprint density at radius 3 is 2.67 bits per heavy atom. The summed E-state index contributed by atoms with van der Waals surface area (Å²) in [6.07, 6.45) is 0.